The number of aliphatic hydroxyl groups excluding tert-OH is 1. The number of hydrogen-bond acceptors (Lipinski definition) is 4. The van der Waals surface area contributed by atoms with E-state index in [1.807, 2.05) is 31.2 Å². The van der Waals surface area contributed by atoms with E-state index in [4.69, 9.17) is 5.11 Å². The van der Waals surface area contributed by atoms with Gasteiger partial charge in [0.25, 0.3) is 0 Å². The third-order valence-electron chi connectivity index (χ3n) is 3.77. The molecule has 1 aromatic carbocycles. The van der Waals surface area contributed by atoms with Crippen LogP contribution in [0.3, 0.4) is 0 Å². The lowest BCUT2D eigenvalue weighted by Gasteiger charge is -2.20. The Hall–Kier alpha value is -1.43. The molecule has 1 saturated heterocycles. The lowest BCUT2D eigenvalue weighted by Crippen LogP contribution is -2.36. The Labute approximate surface area is 126 Å². The second-order valence-corrected chi connectivity index (χ2v) is 5.61. The second-order valence-electron chi connectivity index (χ2n) is 5.61. The van der Waals surface area contributed by atoms with Crippen LogP contribution >= 0.6 is 0 Å². The zero-order valence-electron chi connectivity index (χ0n) is 12.7. The van der Waals surface area contributed by atoms with Crippen LogP contribution in [0.5, 0.6) is 0 Å². The Balaban J connectivity index is 1.80. The molecule has 5 nitrogen and oxygen atoms in total. The van der Waals surface area contributed by atoms with Crippen molar-refractivity contribution in [2.24, 2.45) is 0 Å². The summed E-state index contributed by atoms with van der Waals surface area (Å²) in [4.78, 5) is 16.5. The van der Waals surface area contributed by atoms with Crippen molar-refractivity contribution < 1.29 is 9.90 Å². The van der Waals surface area contributed by atoms with Gasteiger partial charge in [-0.3, -0.25) is 14.6 Å². The third-order valence-corrected chi connectivity index (χ3v) is 3.77. The minimum Gasteiger partial charge on any atom is -0.395 e. The fraction of sp³-hybridized carbons (Fsp3) is 0.562. The van der Waals surface area contributed by atoms with Crippen LogP contribution in [0.25, 0.3) is 0 Å². The van der Waals surface area contributed by atoms with Crippen molar-refractivity contribution in [1.29, 1.82) is 0 Å². The molecule has 1 amide bonds. The molecule has 0 atom stereocenters. The van der Waals surface area contributed by atoms with Gasteiger partial charge in [-0.2, -0.15) is 0 Å². The summed E-state index contributed by atoms with van der Waals surface area (Å²) in [6, 6.07) is 7.85. The van der Waals surface area contributed by atoms with E-state index in [1.54, 1.807) is 0 Å². The molecule has 1 heterocycles. The molecule has 5 heteroatoms. The minimum atomic E-state index is 0.0382. The number of anilines is 1. The van der Waals surface area contributed by atoms with Crippen LogP contribution in [0, 0.1) is 6.92 Å². The van der Waals surface area contributed by atoms with Gasteiger partial charge in [-0.25, -0.2) is 0 Å². The van der Waals surface area contributed by atoms with Crippen LogP contribution in [0.1, 0.15) is 12.0 Å². The molecule has 0 saturated carbocycles. The highest BCUT2D eigenvalue weighted by Crippen LogP contribution is 2.10. The zero-order chi connectivity index (χ0) is 15.1. The van der Waals surface area contributed by atoms with E-state index < -0.39 is 0 Å². The molecule has 1 fully saturated rings. The maximum atomic E-state index is 12.1. The molecule has 116 valence electrons. The normalized spacial score (nSPS) is 17.4. The van der Waals surface area contributed by atoms with Crippen LogP contribution in [-0.2, 0) is 4.79 Å². The second kappa shape index (κ2) is 8.12. The summed E-state index contributed by atoms with van der Waals surface area (Å²) in [5, 5.41) is 11.9. The molecule has 0 radical (unpaired) electrons. The monoisotopic (exact) mass is 291 g/mol. The van der Waals surface area contributed by atoms with Gasteiger partial charge in [0.15, 0.2) is 0 Å². The maximum absolute atomic E-state index is 12.1. The molecule has 0 aliphatic carbocycles. The van der Waals surface area contributed by atoms with Crippen molar-refractivity contribution in [2.45, 2.75) is 13.3 Å². The Kier molecular flexibility index (Phi) is 6.17. The average Bonchev–Trinajstić information content (AvgIpc) is 2.65. The number of benzene rings is 1. The molecule has 21 heavy (non-hydrogen) atoms. The molecular weight excluding hydrogens is 266 g/mol. The highest BCUT2D eigenvalue weighted by atomic mass is 16.3. The topological polar surface area (TPSA) is 55.8 Å². The average molecular weight is 291 g/mol. The zero-order valence-corrected chi connectivity index (χ0v) is 12.7. The molecule has 2 N–H and O–H groups in total. The quantitative estimate of drug-likeness (QED) is 0.847. The summed E-state index contributed by atoms with van der Waals surface area (Å²) in [6.07, 6.45) is 1.04. The van der Waals surface area contributed by atoms with Gasteiger partial charge in [-0.05, 0) is 44.1 Å². The Morgan fingerprint density at radius 1 is 1.24 bits per heavy atom. The lowest BCUT2D eigenvalue weighted by molar-refractivity contribution is -0.117. The Morgan fingerprint density at radius 2 is 2.00 bits per heavy atom. The minimum absolute atomic E-state index is 0.0382. The van der Waals surface area contributed by atoms with E-state index in [0.29, 0.717) is 6.54 Å². The fourth-order valence-corrected chi connectivity index (χ4v) is 2.67. The van der Waals surface area contributed by atoms with Crippen molar-refractivity contribution in [3.8, 4) is 0 Å². The van der Waals surface area contributed by atoms with Crippen molar-refractivity contribution >= 4 is 11.6 Å². The van der Waals surface area contributed by atoms with E-state index in [9.17, 15) is 4.79 Å². The maximum Gasteiger partial charge on any atom is 0.238 e. The third kappa shape index (κ3) is 5.46. The first-order valence-electron chi connectivity index (χ1n) is 7.59. The van der Waals surface area contributed by atoms with Crippen molar-refractivity contribution in [2.75, 3.05) is 51.2 Å². The van der Waals surface area contributed by atoms with Gasteiger partial charge < -0.3 is 10.4 Å². The highest BCUT2D eigenvalue weighted by molar-refractivity contribution is 5.92. The first-order chi connectivity index (χ1) is 10.2. The Bertz CT molecular complexity index is 465. The van der Waals surface area contributed by atoms with E-state index in [0.717, 1.165) is 50.4 Å². The van der Waals surface area contributed by atoms with Crippen molar-refractivity contribution in [3.63, 3.8) is 0 Å². The predicted octanol–water partition coefficient (Wildman–Crippen LogP) is 0.934. The molecule has 2 rings (SSSR count). The first kappa shape index (κ1) is 15.9. The Morgan fingerprint density at radius 3 is 2.76 bits per heavy atom. The van der Waals surface area contributed by atoms with Gasteiger partial charge in [0.1, 0.15) is 0 Å². The molecule has 0 spiro atoms. The molecule has 1 aliphatic rings. The number of carbonyl (C=O) groups excluding carboxylic acids is 1. The number of aliphatic hydroxyl groups is 1. The number of β-amino-alcohol motifs (C(OH)–C–C–N with tert-alkyl or cyclic N) is 1. The molecular formula is C16H25N3O2. The standard InChI is InChI=1S/C16H25N3O2/c1-14-4-2-5-15(12-14)17-16(21)13-19-7-3-6-18(8-9-19)10-11-20/h2,4-5,12,20H,3,6-11,13H2,1H3,(H,17,21). The van der Waals surface area contributed by atoms with Gasteiger partial charge >= 0.3 is 0 Å². The fourth-order valence-electron chi connectivity index (χ4n) is 2.67. The van der Waals surface area contributed by atoms with Crippen molar-refractivity contribution in [3.05, 3.63) is 29.8 Å². The SMILES string of the molecule is Cc1cccc(NC(=O)CN2CCCN(CCO)CC2)c1. The highest BCUT2D eigenvalue weighted by Gasteiger charge is 2.16. The summed E-state index contributed by atoms with van der Waals surface area (Å²) in [5.41, 5.74) is 2.00. The van der Waals surface area contributed by atoms with E-state index >= 15 is 0 Å². The largest absolute Gasteiger partial charge is 0.395 e. The van der Waals surface area contributed by atoms with Crippen LogP contribution in [-0.4, -0.2) is 66.7 Å². The number of hydrogen-bond donors (Lipinski definition) is 2. The number of aryl methyl sites for hydroxylation is 1. The number of carbonyl (C=O) groups is 1. The summed E-state index contributed by atoms with van der Waals surface area (Å²) in [5.74, 6) is 0.0382. The number of nitrogens with zero attached hydrogens (tertiary/aromatic N) is 2. The van der Waals surface area contributed by atoms with Gasteiger partial charge in [0.2, 0.25) is 5.91 Å². The molecule has 0 bridgehead atoms. The smallest absolute Gasteiger partial charge is 0.238 e. The van der Waals surface area contributed by atoms with Crippen LogP contribution in [0.2, 0.25) is 0 Å². The van der Waals surface area contributed by atoms with Gasteiger partial charge in [-0.1, -0.05) is 12.1 Å². The number of nitrogens with one attached hydrogen (secondary N) is 1. The molecule has 0 unspecified atom stereocenters. The number of amides is 1. The lowest BCUT2D eigenvalue weighted by atomic mass is 10.2. The summed E-state index contributed by atoms with van der Waals surface area (Å²) < 4.78 is 0. The number of rotatable bonds is 5. The summed E-state index contributed by atoms with van der Waals surface area (Å²) in [6.45, 7) is 7.09. The predicted molar refractivity (Wildman–Crippen MR) is 84.4 cm³/mol. The van der Waals surface area contributed by atoms with Crippen LogP contribution in [0.15, 0.2) is 24.3 Å². The van der Waals surface area contributed by atoms with Gasteiger partial charge in [0.05, 0.1) is 13.2 Å². The molecule has 0 aromatic heterocycles. The molecule has 1 aromatic rings. The first-order valence-corrected chi connectivity index (χ1v) is 7.59. The van der Waals surface area contributed by atoms with Crippen LogP contribution in [0.4, 0.5) is 5.69 Å². The molecule has 1 aliphatic heterocycles. The summed E-state index contributed by atoms with van der Waals surface area (Å²) in [7, 11) is 0. The van der Waals surface area contributed by atoms with E-state index in [-0.39, 0.29) is 12.5 Å². The van der Waals surface area contributed by atoms with Crippen LogP contribution < -0.4 is 5.32 Å². The van der Waals surface area contributed by atoms with E-state index in [2.05, 4.69) is 15.1 Å². The van der Waals surface area contributed by atoms with Crippen molar-refractivity contribution in [1.82, 2.24) is 9.80 Å². The van der Waals surface area contributed by atoms with E-state index in [1.165, 1.54) is 0 Å². The van der Waals surface area contributed by atoms with Gasteiger partial charge in [-0.15, -0.1) is 0 Å². The summed E-state index contributed by atoms with van der Waals surface area (Å²) >= 11 is 0. The van der Waals surface area contributed by atoms with Gasteiger partial charge in [0, 0.05) is 25.3 Å².